The second-order valence-corrected chi connectivity index (χ2v) is 7.95. The molecular formula is C19H29N3O4S. The molecule has 0 saturated heterocycles. The minimum atomic E-state index is -1.17. The van der Waals surface area contributed by atoms with Gasteiger partial charge >= 0.3 is 12.1 Å². The Morgan fingerprint density at radius 3 is 2.33 bits per heavy atom. The summed E-state index contributed by atoms with van der Waals surface area (Å²) in [6, 6.07) is 8.13. The number of imide groups is 1. The van der Waals surface area contributed by atoms with Crippen LogP contribution in [0.15, 0.2) is 30.3 Å². The van der Waals surface area contributed by atoms with Crippen molar-refractivity contribution in [1.82, 2.24) is 15.3 Å². The highest BCUT2D eigenvalue weighted by Crippen LogP contribution is 2.17. The molecule has 0 unspecified atom stereocenters. The van der Waals surface area contributed by atoms with E-state index < -0.39 is 18.2 Å². The number of benzene rings is 1. The van der Waals surface area contributed by atoms with E-state index in [1.165, 1.54) is 7.05 Å². The third-order valence-corrected chi connectivity index (χ3v) is 4.23. The molecule has 0 radical (unpaired) electrons. The lowest BCUT2D eigenvalue weighted by Crippen LogP contribution is -2.53. The number of nitrogens with zero attached hydrogens (tertiary/aromatic N) is 2. The van der Waals surface area contributed by atoms with Gasteiger partial charge in [0, 0.05) is 13.6 Å². The van der Waals surface area contributed by atoms with Gasteiger partial charge in [0.05, 0.1) is 0 Å². The SMILES string of the molecule is CNC(=O)N(CC(C)(C)C)C(=O)N(O)C(=S)[C@@H](O)CCCc1ccccc1. The Balaban J connectivity index is 2.67. The van der Waals surface area contributed by atoms with Gasteiger partial charge in [-0.3, -0.25) is 5.21 Å². The lowest BCUT2D eigenvalue weighted by atomic mass is 9.96. The van der Waals surface area contributed by atoms with Crippen molar-refractivity contribution < 1.29 is 19.9 Å². The van der Waals surface area contributed by atoms with Crippen LogP contribution < -0.4 is 5.32 Å². The van der Waals surface area contributed by atoms with Crippen LogP contribution >= 0.6 is 12.2 Å². The average molecular weight is 396 g/mol. The number of carbonyl (C=O) groups excluding carboxylic acids is 2. The van der Waals surface area contributed by atoms with E-state index in [2.05, 4.69) is 5.32 Å². The highest BCUT2D eigenvalue weighted by Gasteiger charge is 2.32. The van der Waals surface area contributed by atoms with E-state index in [0.29, 0.717) is 6.42 Å². The van der Waals surface area contributed by atoms with Gasteiger partial charge in [0.15, 0.2) is 0 Å². The number of urea groups is 2. The molecule has 150 valence electrons. The van der Waals surface area contributed by atoms with Crippen LogP contribution in [0.2, 0.25) is 0 Å². The summed E-state index contributed by atoms with van der Waals surface area (Å²) in [5.41, 5.74) is 0.752. The fraction of sp³-hybridized carbons (Fsp3) is 0.526. The van der Waals surface area contributed by atoms with Gasteiger partial charge in [-0.2, -0.15) is 5.06 Å². The minimum Gasteiger partial charge on any atom is -0.386 e. The number of nitrogens with one attached hydrogen (secondary N) is 1. The third kappa shape index (κ3) is 7.62. The second-order valence-electron chi connectivity index (χ2n) is 7.53. The van der Waals surface area contributed by atoms with E-state index in [-0.39, 0.29) is 28.4 Å². The van der Waals surface area contributed by atoms with Crippen molar-refractivity contribution in [3.8, 4) is 0 Å². The maximum atomic E-state index is 12.5. The quantitative estimate of drug-likeness (QED) is 0.391. The molecule has 1 atom stereocenters. The normalized spacial score (nSPS) is 12.2. The van der Waals surface area contributed by atoms with Gasteiger partial charge in [0.2, 0.25) is 0 Å². The fourth-order valence-electron chi connectivity index (χ4n) is 2.45. The molecule has 8 heteroatoms. The highest BCUT2D eigenvalue weighted by atomic mass is 32.1. The fourth-order valence-corrected chi connectivity index (χ4v) is 2.65. The van der Waals surface area contributed by atoms with Gasteiger partial charge in [-0.25, -0.2) is 14.5 Å². The molecule has 0 bridgehead atoms. The molecule has 0 aliphatic heterocycles. The number of hydrogen-bond donors (Lipinski definition) is 3. The van der Waals surface area contributed by atoms with Crippen LogP contribution in [0.5, 0.6) is 0 Å². The highest BCUT2D eigenvalue weighted by molar-refractivity contribution is 7.80. The van der Waals surface area contributed by atoms with Crippen molar-refractivity contribution in [3.05, 3.63) is 35.9 Å². The molecule has 1 aromatic rings. The minimum absolute atomic E-state index is 0.0787. The molecular weight excluding hydrogens is 366 g/mol. The Morgan fingerprint density at radius 1 is 1.22 bits per heavy atom. The summed E-state index contributed by atoms with van der Waals surface area (Å²) in [6.07, 6.45) is 0.499. The van der Waals surface area contributed by atoms with E-state index in [1.54, 1.807) is 0 Å². The maximum Gasteiger partial charge on any atom is 0.357 e. The first-order valence-electron chi connectivity index (χ1n) is 8.85. The van der Waals surface area contributed by atoms with Gasteiger partial charge in [-0.1, -0.05) is 63.3 Å². The molecule has 0 heterocycles. The van der Waals surface area contributed by atoms with Gasteiger partial charge in [0.1, 0.15) is 11.1 Å². The largest absolute Gasteiger partial charge is 0.386 e. The lowest BCUT2D eigenvalue weighted by Gasteiger charge is -2.31. The summed E-state index contributed by atoms with van der Waals surface area (Å²) in [4.78, 5) is 25.1. The summed E-state index contributed by atoms with van der Waals surface area (Å²) in [5.74, 6) is 0. The van der Waals surface area contributed by atoms with Gasteiger partial charge < -0.3 is 10.4 Å². The first kappa shape index (κ1) is 23.0. The number of hydrogen-bond acceptors (Lipinski definition) is 5. The van der Waals surface area contributed by atoms with Crippen LogP contribution in [0.4, 0.5) is 9.59 Å². The van der Waals surface area contributed by atoms with Crippen LogP contribution in [0.3, 0.4) is 0 Å². The van der Waals surface area contributed by atoms with E-state index in [0.717, 1.165) is 16.9 Å². The molecule has 7 nitrogen and oxygen atoms in total. The number of aliphatic hydroxyl groups is 1. The Labute approximate surface area is 165 Å². The predicted octanol–water partition coefficient (Wildman–Crippen LogP) is 3.20. The maximum absolute atomic E-state index is 12.5. The Hall–Kier alpha value is -2.03. The summed E-state index contributed by atoms with van der Waals surface area (Å²) in [7, 11) is 1.39. The van der Waals surface area contributed by atoms with Crippen LogP contribution in [0, 0.1) is 5.41 Å². The van der Waals surface area contributed by atoms with E-state index in [9.17, 15) is 19.9 Å². The van der Waals surface area contributed by atoms with E-state index in [4.69, 9.17) is 12.2 Å². The summed E-state index contributed by atoms with van der Waals surface area (Å²) < 4.78 is 0. The van der Waals surface area contributed by atoms with Crippen molar-refractivity contribution >= 4 is 29.3 Å². The van der Waals surface area contributed by atoms with E-state index >= 15 is 0 Å². The zero-order chi connectivity index (χ0) is 20.6. The van der Waals surface area contributed by atoms with Gasteiger partial charge in [-0.05, 0) is 30.2 Å². The van der Waals surface area contributed by atoms with Crippen molar-refractivity contribution in [2.75, 3.05) is 13.6 Å². The Bertz CT molecular complexity index is 646. The van der Waals surface area contributed by atoms with Gasteiger partial charge in [0.25, 0.3) is 0 Å². The lowest BCUT2D eigenvalue weighted by molar-refractivity contribution is 0.00226. The monoisotopic (exact) mass is 395 g/mol. The Morgan fingerprint density at radius 2 is 1.81 bits per heavy atom. The second kappa shape index (κ2) is 10.3. The number of carbonyl (C=O) groups is 2. The zero-order valence-corrected chi connectivity index (χ0v) is 17.1. The molecule has 0 aromatic heterocycles. The molecule has 1 aromatic carbocycles. The first-order valence-corrected chi connectivity index (χ1v) is 9.25. The molecule has 1 rings (SSSR count). The summed E-state index contributed by atoms with van der Waals surface area (Å²) in [6.45, 7) is 5.65. The number of thiocarbonyl (C=S) groups is 1. The molecule has 0 saturated carbocycles. The number of hydroxylamine groups is 2. The number of aryl methyl sites for hydroxylation is 1. The van der Waals surface area contributed by atoms with Crippen LogP contribution in [0.1, 0.15) is 39.2 Å². The van der Waals surface area contributed by atoms with E-state index in [1.807, 2.05) is 51.1 Å². The standard InChI is InChI=1S/C19H29N3O4S/c1-19(2,3)13-21(17(24)20-4)18(25)22(26)16(27)15(23)12-8-11-14-9-6-5-7-10-14/h5-7,9-10,15,23,26H,8,11-13H2,1-4H3,(H,20,24)/t15-/m0/s1. The molecule has 3 N–H and O–H groups in total. The summed E-state index contributed by atoms with van der Waals surface area (Å²) >= 11 is 5.04. The topological polar surface area (TPSA) is 93.1 Å². The van der Waals surface area contributed by atoms with Crippen molar-refractivity contribution in [2.45, 2.75) is 46.1 Å². The average Bonchev–Trinajstić information content (AvgIpc) is 2.63. The predicted molar refractivity (Wildman–Crippen MR) is 108 cm³/mol. The smallest absolute Gasteiger partial charge is 0.357 e. The van der Waals surface area contributed by atoms with Crippen LogP contribution in [-0.4, -0.2) is 57.0 Å². The van der Waals surface area contributed by atoms with Gasteiger partial charge in [-0.15, -0.1) is 0 Å². The molecule has 0 aliphatic carbocycles. The van der Waals surface area contributed by atoms with Crippen LogP contribution in [0.25, 0.3) is 0 Å². The Kier molecular flexibility index (Phi) is 8.81. The third-order valence-electron chi connectivity index (χ3n) is 3.78. The van der Waals surface area contributed by atoms with Crippen molar-refractivity contribution in [2.24, 2.45) is 5.41 Å². The molecule has 0 aliphatic rings. The number of amides is 4. The molecule has 0 fully saturated rings. The van der Waals surface area contributed by atoms with Crippen molar-refractivity contribution in [3.63, 3.8) is 0 Å². The number of rotatable bonds is 6. The molecule has 0 spiro atoms. The molecule has 27 heavy (non-hydrogen) atoms. The van der Waals surface area contributed by atoms with Crippen LogP contribution in [-0.2, 0) is 6.42 Å². The zero-order valence-electron chi connectivity index (χ0n) is 16.3. The summed E-state index contributed by atoms with van der Waals surface area (Å²) in [5, 5.41) is 22.9. The first-order chi connectivity index (χ1) is 12.6. The van der Waals surface area contributed by atoms with Crippen molar-refractivity contribution in [1.29, 1.82) is 0 Å². The number of aliphatic hydroxyl groups excluding tert-OH is 1. The molecule has 4 amide bonds.